The molecule has 2 heterocycles. The second kappa shape index (κ2) is 6.09. The van der Waals surface area contributed by atoms with Crippen molar-refractivity contribution in [2.45, 2.75) is 56.2 Å². The number of likely N-dealkylation sites (tertiary alicyclic amines) is 1. The summed E-state index contributed by atoms with van der Waals surface area (Å²) in [6, 6.07) is -0.937. The number of quaternary nitrogens is 1. The van der Waals surface area contributed by atoms with Gasteiger partial charge in [0.25, 0.3) is 5.91 Å². The largest absolute Gasteiger partial charge is 0.465 e. The summed E-state index contributed by atoms with van der Waals surface area (Å²) in [5.41, 5.74) is -0.756. The van der Waals surface area contributed by atoms with Crippen LogP contribution in [0.15, 0.2) is 0 Å². The minimum absolute atomic E-state index is 0.0866. The van der Waals surface area contributed by atoms with E-state index >= 15 is 0 Å². The summed E-state index contributed by atoms with van der Waals surface area (Å²) < 4.78 is 4.77. The molecule has 0 aromatic carbocycles. The third-order valence-corrected chi connectivity index (χ3v) is 5.30. The maximum absolute atomic E-state index is 12.8. The number of nitrogens with zero attached hydrogens (tertiary/aromatic N) is 1. The van der Waals surface area contributed by atoms with Gasteiger partial charge in [0.1, 0.15) is 18.2 Å². The lowest BCUT2D eigenvalue weighted by Crippen LogP contribution is -3.16. The van der Waals surface area contributed by atoms with Crippen LogP contribution in [0.5, 0.6) is 0 Å². The monoisotopic (exact) mass is 326 g/mol. The summed E-state index contributed by atoms with van der Waals surface area (Å²) in [7, 11) is 1.30. The lowest BCUT2D eigenvalue weighted by molar-refractivity contribution is -0.912. The van der Waals surface area contributed by atoms with E-state index in [0.29, 0.717) is 24.3 Å². The molecule has 0 aromatic rings. The number of urea groups is 1. The fourth-order valence-corrected chi connectivity index (χ4v) is 4.06. The van der Waals surface area contributed by atoms with E-state index in [4.69, 9.17) is 4.74 Å². The molecular formula is C15H24N3O5+. The maximum Gasteiger partial charge on any atom is 0.364 e. The van der Waals surface area contributed by atoms with E-state index in [1.807, 2.05) is 0 Å². The second-order valence-electron chi connectivity index (χ2n) is 6.79. The molecule has 8 heteroatoms. The van der Waals surface area contributed by atoms with Gasteiger partial charge in [-0.3, -0.25) is 4.79 Å². The lowest BCUT2D eigenvalue weighted by atomic mass is 9.82. The number of hydrogen-bond donors (Lipinski definition) is 3. The summed E-state index contributed by atoms with van der Waals surface area (Å²) in [5.74, 6) is -0.615. The number of ether oxygens (including phenoxy) is 1. The van der Waals surface area contributed by atoms with Gasteiger partial charge in [0.2, 0.25) is 0 Å². The van der Waals surface area contributed by atoms with Crippen molar-refractivity contribution in [3.8, 4) is 0 Å². The number of carbonyl (C=O) groups is 3. The van der Waals surface area contributed by atoms with Crippen molar-refractivity contribution in [1.29, 1.82) is 0 Å². The van der Waals surface area contributed by atoms with Crippen LogP contribution in [0.25, 0.3) is 0 Å². The number of aliphatic hydroxyl groups excluding tert-OH is 1. The van der Waals surface area contributed by atoms with Gasteiger partial charge < -0.3 is 20.1 Å². The quantitative estimate of drug-likeness (QED) is 0.428. The first-order valence-corrected chi connectivity index (χ1v) is 8.21. The van der Waals surface area contributed by atoms with Crippen LogP contribution in [0.2, 0.25) is 0 Å². The molecule has 1 spiro atoms. The number of imide groups is 1. The molecule has 8 nitrogen and oxygen atoms in total. The molecule has 3 aliphatic rings. The SMILES string of the molecule is COC(=O)[C@@H]1C[C@H](O)C[NH+]1CN1C(=O)NC2(CCCCC2)C1=O. The Morgan fingerprint density at radius 1 is 1.39 bits per heavy atom. The molecule has 2 aliphatic heterocycles. The van der Waals surface area contributed by atoms with E-state index in [1.165, 1.54) is 12.0 Å². The molecule has 23 heavy (non-hydrogen) atoms. The van der Waals surface area contributed by atoms with Crippen LogP contribution in [-0.2, 0) is 14.3 Å². The molecule has 1 unspecified atom stereocenters. The first-order valence-electron chi connectivity index (χ1n) is 8.21. The zero-order valence-corrected chi connectivity index (χ0v) is 13.3. The van der Waals surface area contributed by atoms with Gasteiger partial charge in [-0.25, -0.2) is 14.5 Å². The van der Waals surface area contributed by atoms with Crippen LogP contribution in [-0.4, -0.2) is 65.9 Å². The van der Waals surface area contributed by atoms with Gasteiger partial charge in [0.15, 0.2) is 12.7 Å². The van der Waals surface area contributed by atoms with E-state index in [2.05, 4.69) is 5.32 Å². The predicted molar refractivity (Wildman–Crippen MR) is 78.3 cm³/mol. The van der Waals surface area contributed by atoms with E-state index in [-0.39, 0.29) is 19.0 Å². The van der Waals surface area contributed by atoms with Gasteiger partial charge >= 0.3 is 12.0 Å². The second-order valence-corrected chi connectivity index (χ2v) is 6.79. The predicted octanol–water partition coefficient (Wildman–Crippen LogP) is -1.61. The van der Waals surface area contributed by atoms with E-state index in [1.54, 1.807) is 0 Å². The molecule has 3 atom stereocenters. The smallest absolute Gasteiger partial charge is 0.364 e. The number of rotatable bonds is 3. The fraction of sp³-hybridized carbons (Fsp3) is 0.800. The number of amides is 3. The summed E-state index contributed by atoms with van der Waals surface area (Å²) in [6.07, 6.45) is 3.95. The number of methoxy groups -OCH3 is 1. The van der Waals surface area contributed by atoms with Gasteiger partial charge in [0, 0.05) is 6.42 Å². The first-order chi connectivity index (χ1) is 11.0. The van der Waals surface area contributed by atoms with Gasteiger partial charge in [0.05, 0.1) is 7.11 Å². The Morgan fingerprint density at radius 3 is 2.74 bits per heavy atom. The number of carbonyl (C=O) groups excluding carboxylic acids is 3. The van der Waals surface area contributed by atoms with Crippen LogP contribution < -0.4 is 10.2 Å². The van der Waals surface area contributed by atoms with Crippen molar-refractivity contribution < 1.29 is 29.1 Å². The Kier molecular flexibility index (Phi) is 4.29. The molecule has 0 radical (unpaired) electrons. The maximum atomic E-state index is 12.8. The van der Waals surface area contributed by atoms with Crippen molar-refractivity contribution in [1.82, 2.24) is 10.2 Å². The van der Waals surface area contributed by atoms with Gasteiger partial charge in [-0.15, -0.1) is 0 Å². The number of nitrogens with one attached hydrogen (secondary N) is 2. The highest BCUT2D eigenvalue weighted by Gasteiger charge is 2.53. The zero-order chi connectivity index (χ0) is 16.6. The standard InChI is InChI=1S/C15H23N3O5/c1-23-12(20)11-7-10(19)8-17(11)9-18-13(21)15(16-14(18)22)5-3-2-4-6-15/h10-11,19H,2-9H2,1H3,(H,16,22)/p+1/t10-,11-/m0/s1. The zero-order valence-electron chi connectivity index (χ0n) is 13.3. The number of aliphatic hydroxyl groups is 1. The molecule has 3 amide bonds. The topological polar surface area (TPSA) is 100 Å². The Labute approximate surface area is 134 Å². The average molecular weight is 326 g/mol. The Bertz CT molecular complexity index is 517. The summed E-state index contributed by atoms with van der Waals surface area (Å²) in [6.45, 7) is 0.410. The first kappa shape index (κ1) is 16.2. The summed E-state index contributed by atoms with van der Waals surface area (Å²) >= 11 is 0. The van der Waals surface area contributed by atoms with Crippen molar-refractivity contribution in [3.63, 3.8) is 0 Å². The van der Waals surface area contributed by atoms with Crippen molar-refractivity contribution >= 4 is 17.9 Å². The third kappa shape index (κ3) is 2.81. The minimum Gasteiger partial charge on any atom is -0.465 e. The van der Waals surface area contributed by atoms with Crippen LogP contribution in [0.4, 0.5) is 4.79 Å². The van der Waals surface area contributed by atoms with E-state index in [9.17, 15) is 19.5 Å². The molecular weight excluding hydrogens is 302 g/mol. The Morgan fingerprint density at radius 2 is 2.09 bits per heavy atom. The highest BCUT2D eigenvalue weighted by molar-refractivity contribution is 6.06. The van der Waals surface area contributed by atoms with Crippen LogP contribution >= 0.6 is 0 Å². The van der Waals surface area contributed by atoms with Crippen LogP contribution in [0, 0.1) is 0 Å². The lowest BCUT2D eigenvalue weighted by Gasteiger charge is -2.30. The average Bonchev–Trinajstić information content (AvgIpc) is 3.01. The van der Waals surface area contributed by atoms with Gasteiger partial charge in [-0.1, -0.05) is 19.3 Å². The third-order valence-electron chi connectivity index (χ3n) is 5.30. The van der Waals surface area contributed by atoms with Crippen LogP contribution in [0.3, 0.4) is 0 Å². The molecule has 0 bridgehead atoms. The normalized spacial score (nSPS) is 33.1. The van der Waals surface area contributed by atoms with E-state index in [0.717, 1.165) is 19.3 Å². The highest BCUT2D eigenvalue weighted by atomic mass is 16.5. The van der Waals surface area contributed by atoms with Crippen molar-refractivity contribution in [2.24, 2.45) is 0 Å². The molecule has 3 rings (SSSR count). The number of esters is 1. The molecule has 2 saturated heterocycles. The van der Waals surface area contributed by atoms with Gasteiger partial charge in [-0.2, -0.15) is 0 Å². The molecule has 3 fully saturated rings. The molecule has 1 saturated carbocycles. The highest BCUT2D eigenvalue weighted by Crippen LogP contribution is 2.33. The van der Waals surface area contributed by atoms with Crippen molar-refractivity contribution in [2.75, 3.05) is 20.3 Å². The summed E-state index contributed by atoms with van der Waals surface area (Å²) in [5, 5.41) is 12.7. The molecule has 1 aliphatic carbocycles. The summed E-state index contributed by atoms with van der Waals surface area (Å²) in [4.78, 5) is 38.8. The molecule has 3 N–H and O–H groups in total. The van der Waals surface area contributed by atoms with E-state index < -0.39 is 29.7 Å². The molecule has 0 aromatic heterocycles. The fourth-order valence-electron chi connectivity index (χ4n) is 4.06. The van der Waals surface area contributed by atoms with Crippen LogP contribution in [0.1, 0.15) is 38.5 Å². The van der Waals surface area contributed by atoms with Gasteiger partial charge in [-0.05, 0) is 12.8 Å². The molecule has 128 valence electrons. The van der Waals surface area contributed by atoms with Crippen molar-refractivity contribution in [3.05, 3.63) is 0 Å². The Balaban J connectivity index is 1.73. The Hall–Kier alpha value is -1.67. The minimum atomic E-state index is -0.756. The number of hydrogen-bond acceptors (Lipinski definition) is 5.